The van der Waals surface area contributed by atoms with E-state index in [-0.39, 0.29) is 0 Å². The standard InChI is InChI=1S/C17H22N2/c1-13-5-8-16(9-6-13)19(4)17-10-7-15(12-18-3)11-14(17)2/h5-11,18H,12H2,1-4H3. The summed E-state index contributed by atoms with van der Waals surface area (Å²) in [6, 6.07) is 15.3. The number of hydrogen-bond donors (Lipinski definition) is 1. The van der Waals surface area contributed by atoms with Crippen molar-refractivity contribution in [1.82, 2.24) is 5.32 Å². The normalized spacial score (nSPS) is 10.5. The number of aryl methyl sites for hydroxylation is 2. The van der Waals surface area contributed by atoms with E-state index in [9.17, 15) is 0 Å². The average molecular weight is 254 g/mol. The van der Waals surface area contributed by atoms with Gasteiger partial charge in [0.05, 0.1) is 0 Å². The zero-order valence-corrected chi connectivity index (χ0v) is 12.2. The highest BCUT2D eigenvalue weighted by Gasteiger charge is 2.07. The minimum absolute atomic E-state index is 0.912. The third-order valence-electron chi connectivity index (χ3n) is 3.42. The summed E-state index contributed by atoms with van der Waals surface area (Å²) in [4.78, 5) is 2.23. The van der Waals surface area contributed by atoms with Crippen LogP contribution in [-0.2, 0) is 6.54 Å². The van der Waals surface area contributed by atoms with Crippen LogP contribution in [0.1, 0.15) is 16.7 Å². The van der Waals surface area contributed by atoms with Gasteiger partial charge >= 0.3 is 0 Å². The van der Waals surface area contributed by atoms with E-state index in [2.05, 4.69) is 73.6 Å². The molecule has 0 saturated heterocycles. The number of anilines is 2. The minimum atomic E-state index is 0.912. The highest BCUT2D eigenvalue weighted by molar-refractivity contribution is 5.66. The largest absolute Gasteiger partial charge is 0.344 e. The molecule has 0 radical (unpaired) electrons. The predicted molar refractivity (Wildman–Crippen MR) is 83.2 cm³/mol. The molecule has 2 aromatic rings. The highest BCUT2D eigenvalue weighted by Crippen LogP contribution is 2.27. The lowest BCUT2D eigenvalue weighted by molar-refractivity contribution is 0.817. The van der Waals surface area contributed by atoms with E-state index < -0.39 is 0 Å². The van der Waals surface area contributed by atoms with E-state index in [1.165, 1.54) is 28.1 Å². The smallest absolute Gasteiger partial charge is 0.0438 e. The van der Waals surface area contributed by atoms with Crippen molar-refractivity contribution in [2.45, 2.75) is 20.4 Å². The molecule has 0 spiro atoms. The second-order valence-corrected chi connectivity index (χ2v) is 5.05. The minimum Gasteiger partial charge on any atom is -0.344 e. The van der Waals surface area contributed by atoms with E-state index in [1.54, 1.807) is 0 Å². The third kappa shape index (κ3) is 3.15. The lowest BCUT2D eigenvalue weighted by atomic mass is 10.1. The Balaban J connectivity index is 2.28. The second kappa shape index (κ2) is 5.89. The van der Waals surface area contributed by atoms with Crippen molar-refractivity contribution in [2.75, 3.05) is 19.0 Å². The summed E-state index contributed by atoms with van der Waals surface area (Å²) in [5, 5.41) is 3.18. The molecule has 0 bridgehead atoms. The Morgan fingerprint density at radius 1 is 1.00 bits per heavy atom. The Morgan fingerprint density at radius 3 is 2.26 bits per heavy atom. The van der Waals surface area contributed by atoms with Crippen LogP contribution in [0.25, 0.3) is 0 Å². The summed E-state index contributed by atoms with van der Waals surface area (Å²) in [7, 11) is 4.09. The Morgan fingerprint density at radius 2 is 1.68 bits per heavy atom. The van der Waals surface area contributed by atoms with Crippen LogP contribution >= 0.6 is 0 Å². The van der Waals surface area contributed by atoms with Gasteiger partial charge in [0.25, 0.3) is 0 Å². The van der Waals surface area contributed by atoms with E-state index in [0.29, 0.717) is 0 Å². The number of nitrogens with zero attached hydrogens (tertiary/aromatic N) is 1. The van der Waals surface area contributed by atoms with Crippen molar-refractivity contribution in [3.8, 4) is 0 Å². The van der Waals surface area contributed by atoms with Crippen LogP contribution in [0.2, 0.25) is 0 Å². The first kappa shape index (κ1) is 13.6. The predicted octanol–water partition coefficient (Wildman–Crippen LogP) is 3.79. The molecule has 1 N–H and O–H groups in total. The monoisotopic (exact) mass is 254 g/mol. The molecule has 0 unspecified atom stereocenters. The fourth-order valence-electron chi connectivity index (χ4n) is 2.32. The van der Waals surface area contributed by atoms with Crippen molar-refractivity contribution in [2.24, 2.45) is 0 Å². The molecule has 0 atom stereocenters. The van der Waals surface area contributed by atoms with Gasteiger partial charge in [-0.05, 0) is 50.2 Å². The first-order chi connectivity index (χ1) is 9.11. The molecule has 0 aliphatic carbocycles. The Kier molecular flexibility index (Phi) is 4.23. The van der Waals surface area contributed by atoms with Crippen LogP contribution in [0, 0.1) is 13.8 Å². The second-order valence-electron chi connectivity index (χ2n) is 5.05. The van der Waals surface area contributed by atoms with Crippen molar-refractivity contribution in [1.29, 1.82) is 0 Å². The summed E-state index contributed by atoms with van der Waals surface area (Å²) < 4.78 is 0. The zero-order valence-electron chi connectivity index (χ0n) is 12.2. The SMILES string of the molecule is CNCc1ccc(N(C)c2ccc(C)cc2)c(C)c1. The fraction of sp³-hybridized carbons (Fsp3) is 0.294. The van der Waals surface area contributed by atoms with E-state index in [0.717, 1.165) is 6.54 Å². The lowest BCUT2D eigenvalue weighted by Crippen LogP contribution is -2.12. The maximum atomic E-state index is 3.18. The molecule has 0 fully saturated rings. The maximum Gasteiger partial charge on any atom is 0.0438 e. The number of nitrogens with one attached hydrogen (secondary N) is 1. The molecular formula is C17H22N2. The first-order valence-corrected chi connectivity index (χ1v) is 6.66. The van der Waals surface area contributed by atoms with Crippen molar-refractivity contribution >= 4 is 11.4 Å². The number of hydrogen-bond acceptors (Lipinski definition) is 2. The van der Waals surface area contributed by atoms with Crippen molar-refractivity contribution in [3.63, 3.8) is 0 Å². The summed E-state index contributed by atoms with van der Waals surface area (Å²) in [6.07, 6.45) is 0. The molecule has 0 heterocycles. The molecule has 0 aromatic heterocycles. The van der Waals surface area contributed by atoms with E-state index >= 15 is 0 Å². The van der Waals surface area contributed by atoms with Gasteiger partial charge < -0.3 is 10.2 Å². The van der Waals surface area contributed by atoms with E-state index in [1.807, 2.05) is 7.05 Å². The molecule has 0 saturated carbocycles. The molecule has 2 aromatic carbocycles. The van der Waals surface area contributed by atoms with Crippen molar-refractivity contribution in [3.05, 3.63) is 59.2 Å². The molecule has 2 nitrogen and oxygen atoms in total. The van der Waals surface area contributed by atoms with Gasteiger partial charge in [0.15, 0.2) is 0 Å². The van der Waals surface area contributed by atoms with Gasteiger partial charge in [0.2, 0.25) is 0 Å². The van der Waals surface area contributed by atoms with Gasteiger partial charge in [0, 0.05) is 25.0 Å². The Labute approximate surface area is 116 Å². The molecular weight excluding hydrogens is 232 g/mol. The number of benzene rings is 2. The fourth-order valence-corrected chi connectivity index (χ4v) is 2.32. The summed E-state index contributed by atoms with van der Waals surface area (Å²) >= 11 is 0. The van der Waals surface area contributed by atoms with Gasteiger partial charge in [-0.15, -0.1) is 0 Å². The van der Waals surface area contributed by atoms with Gasteiger partial charge in [-0.25, -0.2) is 0 Å². The summed E-state index contributed by atoms with van der Waals surface area (Å²) in [5.74, 6) is 0. The summed E-state index contributed by atoms with van der Waals surface area (Å²) in [5.41, 5.74) is 6.38. The topological polar surface area (TPSA) is 15.3 Å². The number of rotatable bonds is 4. The third-order valence-corrected chi connectivity index (χ3v) is 3.42. The maximum absolute atomic E-state index is 3.18. The zero-order chi connectivity index (χ0) is 13.8. The van der Waals surface area contributed by atoms with Gasteiger partial charge in [-0.1, -0.05) is 29.8 Å². The molecule has 2 rings (SSSR count). The van der Waals surface area contributed by atoms with Crippen LogP contribution in [0.5, 0.6) is 0 Å². The van der Waals surface area contributed by atoms with Gasteiger partial charge in [0.1, 0.15) is 0 Å². The summed E-state index contributed by atoms with van der Waals surface area (Å²) in [6.45, 7) is 5.19. The quantitative estimate of drug-likeness (QED) is 0.893. The van der Waals surface area contributed by atoms with E-state index in [4.69, 9.17) is 0 Å². The van der Waals surface area contributed by atoms with Crippen LogP contribution in [-0.4, -0.2) is 14.1 Å². The first-order valence-electron chi connectivity index (χ1n) is 6.66. The highest BCUT2D eigenvalue weighted by atomic mass is 15.1. The molecule has 0 amide bonds. The lowest BCUT2D eigenvalue weighted by Gasteiger charge is -2.22. The van der Waals surface area contributed by atoms with Gasteiger partial charge in [-0.2, -0.15) is 0 Å². The molecule has 100 valence electrons. The Hall–Kier alpha value is -1.80. The van der Waals surface area contributed by atoms with Crippen LogP contribution in [0.15, 0.2) is 42.5 Å². The van der Waals surface area contributed by atoms with Crippen LogP contribution in [0.4, 0.5) is 11.4 Å². The average Bonchev–Trinajstić information content (AvgIpc) is 2.39. The molecule has 0 aliphatic heterocycles. The molecule has 2 heteroatoms. The molecule has 0 aliphatic rings. The van der Waals surface area contributed by atoms with Crippen molar-refractivity contribution < 1.29 is 0 Å². The van der Waals surface area contributed by atoms with Crippen LogP contribution < -0.4 is 10.2 Å². The van der Waals surface area contributed by atoms with Crippen LogP contribution in [0.3, 0.4) is 0 Å². The van der Waals surface area contributed by atoms with Gasteiger partial charge in [-0.3, -0.25) is 0 Å². The Bertz CT molecular complexity index is 544. The molecule has 19 heavy (non-hydrogen) atoms.